The lowest BCUT2D eigenvalue weighted by atomic mass is 10.1. The van der Waals surface area contributed by atoms with Crippen LogP contribution >= 0.6 is 45.2 Å². The molecule has 3 rings (SSSR count). The van der Waals surface area contributed by atoms with Crippen molar-refractivity contribution in [2.75, 3.05) is 19.6 Å². The largest absolute Gasteiger partial charge is 0.353 e. The summed E-state index contributed by atoms with van der Waals surface area (Å²) >= 11 is 4.70. The van der Waals surface area contributed by atoms with Gasteiger partial charge in [-0.05, 0) is 95.1 Å². The molecule has 2 aromatic rings. The topological polar surface area (TPSA) is 13.1 Å². The van der Waals surface area contributed by atoms with Crippen molar-refractivity contribution in [3.63, 3.8) is 0 Å². The zero-order valence-electron chi connectivity index (χ0n) is 16.4. The van der Waals surface area contributed by atoms with Crippen LogP contribution in [-0.2, 0) is 13.1 Å². The molecule has 0 amide bonds. The Morgan fingerprint density at radius 1 is 0.846 bits per heavy atom. The summed E-state index contributed by atoms with van der Waals surface area (Å²) in [4.78, 5) is 2.60. The summed E-state index contributed by atoms with van der Waals surface area (Å²) in [7, 11) is 0. The molecule has 1 aliphatic rings. The quantitative estimate of drug-likeness (QED) is 0.368. The molecule has 0 N–H and O–H groups in total. The van der Waals surface area contributed by atoms with Crippen LogP contribution in [-0.4, -0.2) is 33.7 Å². The molecular weight excluding hydrogens is 548 g/mol. The molecule has 0 aliphatic carbocycles. The van der Waals surface area contributed by atoms with Gasteiger partial charge in [0.05, 0.1) is 0 Å². The number of nitrogens with zero attached hydrogens (tertiary/aromatic N) is 3. The molecule has 0 spiro atoms. The van der Waals surface area contributed by atoms with E-state index in [1.165, 1.54) is 46.0 Å². The third-order valence-corrected chi connectivity index (χ3v) is 6.22. The Morgan fingerprint density at radius 2 is 1.35 bits per heavy atom. The molecule has 0 saturated carbocycles. The van der Waals surface area contributed by atoms with Crippen LogP contribution in [0.5, 0.6) is 0 Å². The number of aromatic nitrogens is 2. The van der Waals surface area contributed by atoms with Crippen molar-refractivity contribution >= 4 is 45.2 Å². The van der Waals surface area contributed by atoms with Crippen molar-refractivity contribution in [1.29, 1.82) is 0 Å². The molecule has 2 aromatic heterocycles. The maximum Gasteiger partial charge on any atom is 0.0307 e. The zero-order valence-corrected chi connectivity index (χ0v) is 20.7. The molecule has 1 aliphatic heterocycles. The van der Waals surface area contributed by atoms with Gasteiger partial charge < -0.3 is 14.0 Å². The second-order valence-electron chi connectivity index (χ2n) is 7.68. The minimum absolute atomic E-state index is 0.756. The number of rotatable bonds is 7. The van der Waals surface area contributed by atoms with Gasteiger partial charge in [-0.2, -0.15) is 0 Å². The summed E-state index contributed by atoms with van der Waals surface area (Å²) in [6.07, 6.45) is 12.8. The maximum atomic E-state index is 2.60. The highest BCUT2D eigenvalue weighted by Gasteiger charge is 2.14. The van der Waals surface area contributed by atoms with Gasteiger partial charge in [-0.25, -0.2) is 0 Å². The monoisotopic (exact) mass is 581 g/mol. The second kappa shape index (κ2) is 11.7. The van der Waals surface area contributed by atoms with Gasteiger partial charge in [-0.1, -0.05) is 27.2 Å². The van der Waals surface area contributed by atoms with E-state index in [4.69, 9.17) is 0 Å². The molecule has 1 fully saturated rings. The third kappa shape index (κ3) is 8.33. The van der Waals surface area contributed by atoms with Crippen LogP contribution in [0.4, 0.5) is 0 Å². The summed E-state index contributed by atoms with van der Waals surface area (Å²) in [5.41, 5.74) is 0. The van der Waals surface area contributed by atoms with Crippen molar-refractivity contribution in [3.8, 4) is 0 Å². The summed E-state index contributed by atoms with van der Waals surface area (Å²) in [5, 5.41) is 0. The Balaban J connectivity index is 0.000000197. The van der Waals surface area contributed by atoms with Crippen molar-refractivity contribution < 1.29 is 0 Å². The van der Waals surface area contributed by atoms with Crippen LogP contribution < -0.4 is 0 Å². The first-order valence-corrected chi connectivity index (χ1v) is 12.0. The van der Waals surface area contributed by atoms with E-state index in [-0.39, 0.29) is 0 Å². The first kappa shape index (κ1) is 22.3. The van der Waals surface area contributed by atoms with Crippen molar-refractivity contribution in [2.45, 2.75) is 53.1 Å². The molecule has 146 valence electrons. The van der Waals surface area contributed by atoms with Gasteiger partial charge in [0, 0.05) is 51.6 Å². The Morgan fingerprint density at radius 3 is 1.77 bits per heavy atom. The number of hydrogen-bond acceptors (Lipinski definition) is 1. The van der Waals surface area contributed by atoms with Gasteiger partial charge in [0.1, 0.15) is 0 Å². The normalized spacial score (nSPS) is 17.0. The minimum Gasteiger partial charge on any atom is -0.353 e. The van der Waals surface area contributed by atoms with Gasteiger partial charge in [0.25, 0.3) is 0 Å². The molecule has 5 heteroatoms. The van der Waals surface area contributed by atoms with Crippen LogP contribution in [0.15, 0.2) is 36.9 Å². The van der Waals surface area contributed by atoms with Crippen molar-refractivity contribution in [3.05, 3.63) is 44.1 Å². The van der Waals surface area contributed by atoms with Gasteiger partial charge in [0.2, 0.25) is 0 Å². The second-order valence-corrected chi connectivity index (χ2v) is 10.2. The highest BCUT2D eigenvalue weighted by Crippen LogP contribution is 2.13. The first-order chi connectivity index (χ1) is 12.5. The predicted octanol–water partition coefficient (Wildman–Crippen LogP) is 5.96. The lowest BCUT2D eigenvalue weighted by molar-refractivity contribution is 0.272. The zero-order chi connectivity index (χ0) is 18.9. The molecule has 0 bridgehead atoms. The minimum atomic E-state index is 0.756. The number of halogens is 2. The number of likely N-dealkylation sites (tertiary alicyclic amines) is 1. The fraction of sp³-hybridized carbons (Fsp3) is 0.619. The highest BCUT2D eigenvalue weighted by atomic mass is 127. The summed E-state index contributed by atoms with van der Waals surface area (Å²) < 4.78 is 7.23. The smallest absolute Gasteiger partial charge is 0.0307 e. The SMILES string of the molecule is CC(CN1CCCC1)Cn1ccc(I)c1.CCC(C)Cn1ccc(I)c1. The van der Waals surface area contributed by atoms with E-state index in [9.17, 15) is 0 Å². The molecular formula is C21H33I2N3. The fourth-order valence-electron chi connectivity index (χ4n) is 3.36. The van der Waals surface area contributed by atoms with E-state index in [1.54, 1.807) is 0 Å². The summed E-state index contributed by atoms with van der Waals surface area (Å²) in [6, 6.07) is 4.31. The highest BCUT2D eigenvalue weighted by molar-refractivity contribution is 14.1. The molecule has 2 atom stereocenters. The Bertz CT molecular complexity index is 629. The van der Waals surface area contributed by atoms with Gasteiger partial charge in [-0.15, -0.1) is 0 Å². The fourth-order valence-corrected chi connectivity index (χ4v) is 4.40. The van der Waals surface area contributed by atoms with Crippen LogP contribution in [0, 0.1) is 19.0 Å². The van der Waals surface area contributed by atoms with E-state index in [1.807, 2.05) is 0 Å². The molecule has 3 heterocycles. The van der Waals surface area contributed by atoms with Crippen LogP contribution in [0.2, 0.25) is 0 Å². The van der Waals surface area contributed by atoms with E-state index in [0.717, 1.165) is 24.9 Å². The number of hydrogen-bond donors (Lipinski definition) is 0. The molecule has 2 unspecified atom stereocenters. The molecule has 3 nitrogen and oxygen atoms in total. The third-order valence-electron chi connectivity index (χ3n) is 4.94. The Kier molecular flexibility index (Phi) is 10.1. The molecule has 0 aromatic carbocycles. The first-order valence-electron chi connectivity index (χ1n) is 9.81. The van der Waals surface area contributed by atoms with Crippen molar-refractivity contribution in [1.82, 2.24) is 14.0 Å². The molecule has 26 heavy (non-hydrogen) atoms. The molecule has 0 radical (unpaired) electrons. The van der Waals surface area contributed by atoms with Crippen LogP contribution in [0.1, 0.15) is 40.0 Å². The summed E-state index contributed by atoms with van der Waals surface area (Å²) in [6.45, 7) is 13.1. The van der Waals surface area contributed by atoms with Gasteiger partial charge in [-0.3, -0.25) is 0 Å². The van der Waals surface area contributed by atoms with E-state index >= 15 is 0 Å². The lowest BCUT2D eigenvalue weighted by Crippen LogP contribution is -2.27. The standard InChI is InChI=1S/C12H19IN2.C9H14IN/c1-11(8-14-5-2-3-6-14)9-15-7-4-12(13)10-15;1-3-8(2)6-11-5-4-9(10)7-11/h4,7,10-11H,2-3,5-6,8-9H2,1H3;4-5,7-8H,3,6H2,1-2H3. The summed E-state index contributed by atoms with van der Waals surface area (Å²) in [5.74, 6) is 1.55. The van der Waals surface area contributed by atoms with Crippen LogP contribution in [0.25, 0.3) is 0 Å². The average molecular weight is 581 g/mol. The lowest BCUT2D eigenvalue weighted by Gasteiger charge is -2.20. The maximum absolute atomic E-state index is 2.60. The van der Waals surface area contributed by atoms with Gasteiger partial charge >= 0.3 is 0 Å². The average Bonchev–Trinajstić information content (AvgIpc) is 3.32. The van der Waals surface area contributed by atoms with Crippen LogP contribution in [0.3, 0.4) is 0 Å². The van der Waals surface area contributed by atoms with Gasteiger partial charge in [0.15, 0.2) is 0 Å². The van der Waals surface area contributed by atoms with Crippen molar-refractivity contribution in [2.24, 2.45) is 11.8 Å². The Labute approximate surface area is 186 Å². The van der Waals surface area contributed by atoms with E-state index < -0.39 is 0 Å². The predicted molar refractivity (Wildman–Crippen MR) is 129 cm³/mol. The van der Waals surface area contributed by atoms with E-state index in [2.05, 4.69) is 117 Å². The van der Waals surface area contributed by atoms with E-state index in [0.29, 0.717) is 0 Å². The Hall–Kier alpha value is -0.0200. The molecule has 1 saturated heterocycles.